The average molecular weight is 796 g/mol. The van der Waals surface area contributed by atoms with Gasteiger partial charge in [-0.1, -0.05) is 127 Å². The Morgan fingerprint density at radius 2 is 0.852 bits per heavy atom. The van der Waals surface area contributed by atoms with E-state index in [2.05, 4.69) is 191 Å². The van der Waals surface area contributed by atoms with Crippen molar-refractivity contribution in [2.75, 3.05) is 0 Å². The van der Waals surface area contributed by atoms with Gasteiger partial charge in [0.05, 0.1) is 49.2 Å². The van der Waals surface area contributed by atoms with Gasteiger partial charge >= 0.3 is 0 Å². The number of benzene rings is 8. The summed E-state index contributed by atoms with van der Waals surface area (Å²) in [5.41, 5.74) is 13.4. The lowest BCUT2D eigenvalue weighted by atomic mass is 10.0. The molecule has 8 aromatic carbocycles. The molecule has 0 aliphatic rings. The minimum atomic E-state index is 0.673. The first-order valence-electron chi connectivity index (χ1n) is 20.5. The highest BCUT2D eigenvalue weighted by molar-refractivity contribution is 7.25. The van der Waals surface area contributed by atoms with Crippen LogP contribution < -0.4 is 0 Å². The summed E-state index contributed by atoms with van der Waals surface area (Å²) in [6.07, 6.45) is 0. The van der Waals surface area contributed by atoms with Crippen molar-refractivity contribution in [3.05, 3.63) is 200 Å². The maximum absolute atomic E-state index is 5.38. The number of para-hydroxylation sites is 4. The molecule has 5 heterocycles. The number of hydrogen-bond acceptors (Lipinski definition) is 4. The molecule has 0 fully saturated rings. The summed E-state index contributed by atoms with van der Waals surface area (Å²) in [6, 6.07) is 71.5. The van der Waals surface area contributed by atoms with E-state index in [4.69, 9.17) is 15.0 Å². The van der Waals surface area contributed by atoms with Crippen molar-refractivity contribution < 1.29 is 0 Å². The van der Waals surface area contributed by atoms with Gasteiger partial charge in [0.2, 0.25) is 0 Å². The summed E-state index contributed by atoms with van der Waals surface area (Å²) < 4.78 is 7.23. The molecule has 0 atom stereocenters. The molecule has 0 radical (unpaired) electrons. The van der Waals surface area contributed by atoms with Crippen LogP contribution in [0.2, 0.25) is 0 Å². The predicted molar refractivity (Wildman–Crippen MR) is 255 cm³/mol. The first-order valence-corrected chi connectivity index (χ1v) is 21.3. The quantitative estimate of drug-likeness (QED) is 0.174. The largest absolute Gasteiger partial charge is 0.309 e. The van der Waals surface area contributed by atoms with E-state index in [9.17, 15) is 0 Å². The van der Waals surface area contributed by atoms with Crippen LogP contribution in [-0.4, -0.2) is 24.1 Å². The van der Waals surface area contributed by atoms with Crippen LogP contribution >= 0.6 is 11.3 Å². The average Bonchev–Trinajstić information content (AvgIpc) is 3.98. The number of pyridine rings is 1. The van der Waals surface area contributed by atoms with Crippen LogP contribution in [0.3, 0.4) is 0 Å². The van der Waals surface area contributed by atoms with E-state index in [-0.39, 0.29) is 0 Å². The highest BCUT2D eigenvalue weighted by Gasteiger charge is 2.19. The topological polar surface area (TPSA) is 48.5 Å². The summed E-state index contributed by atoms with van der Waals surface area (Å²) >= 11 is 1.79. The molecule has 0 bridgehead atoms. The molecular weight excluding hydrogens is 763 g/mol. The fourth-order valence-corrected chi connectivity index (χ4v) is 10.4. The molecule has 0 amide bonds. The molecule has 13 aromatic rings. The van der Waals surface area contributed by atoms with Gasteiger partial charge in [0.25, 0.3) is 0 Å². The van der Waals surface area contributed by atoms with Gasteiger partial charge in [-0.2, -0.15) is 0 Å². The predicted octanol–water partition coefficient (Wildman–Crippen LogP) is 14.6. The lowest BCUT2D eigenvalue weighted by Crippen LogP contribution is -2.01. The fourth-order valence-electron chi connectivity index (χ4n) is 9.32. The Morgan fingerprint density at radius 3 is 1.44 bits per heavy atom. The van der Waals surface area contributed by atoms with Gasteiger partial charge in [-0.15, -0.1) is 11.3 Å². The summed E-state index contributed by atoms with van der Waals surface area (Å²) in [4.78, 5) is 15.8. The van der Waals surface area contributed by atoms with Gasteiger partial charge < -0.3 is 9.13 Å². The molecule has 0 saturated carbocycles. The zero-order chi connectivity index (χ0) is 40.0. The molecule has 5 nitrogen and oxygen atoms in total. The van der Waals surface area contributed by atoms with Gasteiger partial charge in [0.15, 0.2) is 5.82 Å². The smallest absolute Gasteiger partial charge is 0.160 e. The highest BCUT2D eigenvalue weighted by atomic mass is 32.1. The second-order valence-corrected chi connectivity index (χ2v) is 16.7. The first kappa shape index (κ1) is 34.0. The molecule has 0 aliphatic carbocycles. The molecule has 5 aromatic heterocycles. The summed E-state index contributed by atoms with van der Waals surface area (Å²) in [5.74, 6) is 0.673. The van der Waals surface area contributed by atoms with E-state index in [1.54, 1.807) is 11.3 Å². The molecule has 0 spiro atoms. The molecule has 284 valence electrons. The van der Waals surface area contributed by atoms with Crippen LogP contribution in [0.1, 0.15) is 0 Å². The minimum absolute atomic E-state index is 0.673. The maximum Gasteiger partial charge on any atom is 0.160 e. The zero-order valence-electron chi connectivity index (χ0n) is 32.7. The fraction of sp³-hybridized carbons (Fsp3) is 0. The Morgan fingerprint density at radius 1 is 0.344 bits per heavy atom. The number of hydrogen-bond donors (Lipinski definition) is 0. The third-order valence-electron chi connectivity index (χ3n) is 12.1. The van der Waals surface area contributed by atoms with Gasteiger partial charge in [-0.05, 0) is 72.8 Å². The van der Waals surface area contributed by atoms with Crippen molar-refractivity contribution in [3.8, 4) is 45.3 Å². The van der Waals surface area contributed by atoms with Gasteiger partial charge in [-0.3, -0.25) is 0 Å². The molecule has 0 aliphatic heterocycles. The van der Waals surface area contributed by atoms with Crippen LogP contribution in [0, 0.1) is 0 Å². The lowest BCUT2D eigenvalue weighted by Gasteiger charge is -2.16. The maximum atomic E-state index is 5.38. The van der Waals surface area contributed by atoms with Crippen molar-refractivity contribution in [2.45, 2.75) is 0 Å². The van der Waals surface area contributed by atoms with Crippen molar-refractivity contribution >= 4 is 86.2 Å². The summed E-state index contributed by atoms with van der Waals surface area (Å²) in [6.45, 7) is 0. The van der Waals surface area contributed by atoms with E-state index in [1.807, 2.05) is 18.2 Å². The number of aromatic nitrogens is 5. The molecule has 0 unspecified atom stereocenters. The second kappa shape index (κ2) is 13.3. The number of rotatable bonds is 5. The van der Waals surface area contributed by atoms with E-state index >= 15 is 0 Å². The Kier molecular flexibility index (Phi) is 7.41. The third kappa shape index (κ3) is 5.36. The summed E-state index contributed by atoms with van der Waals surface area (Å²) in [7, 11) is 0. The molecule has 13 rings (SSSR count). The highest BCUT2D eigenvalue weighted by Crippen LogP contribution is 2.40. The van der Waals surface area contributed by atoms with Crippen LogP contribution in [0.15, 0.2) is 200 Å². The molecule has 0 saturated heterocycles. The minimum Gasteiger partial charge on any atom is -0.309 e. The van der Waals surface area contributed by atoms with Crippen molar-refractivity contribution in [2.24, 2.45) is 0 Å². The Bertz CT molecular complexity index is 3650. The second-order valence-electron chi connectivity index (χ2n) is 15.6. The van der Waals surface area contributed by atoms with Crippen LogP contribution in [0.25, 0.3) is 120 Å². The standard InChI is InChI=1S/C55H33N5S/c1-2-14-34(15-3-1)55-57-46(35-26-27-45-36(28-35)31-53-54(56-45)44-20-8-13-25-52(44)61-53)33-47(58-55)37-29-38(59-48-21-9-4-16-40(48)41-17-5-10-22-49(41)59)32-39(30-37)60-50-23-11-6-18-42(50)43-19-7-12-24-51(43)60/h1-33H. The Labute approximate surface area is 354 Å². The number of thiophene rings is 1. The van der Waals surface area contributed by atoms with E-state index < -0.39 is 0 Å². The SMILES string of the molecule is c1ccc(-c2nc(-c3cc(-n4c5ccccc5c5ccccc54)cc(-n4c5ccccc5c5ccccc54)c3)cc(-c3ccc4nc5c(cc4c3)sc3ccccc35)n2)cc1. The van der Waals surface area contributed by atoms with E-state index in [0.29, 0.717) is 5.82 Å². The monoisotopic (exact) mass is 795 g/mol. The van der Waals surface area contributed by atoms with Gasteiger partial charge in [0.1, 0.15) is 0 Å². The van der Waals surface area contributed by atoms with Crippen molar-refractivity contribution in [3.63, 3.8) is 0 Å². The van der Waals surface area contributed by atoms with E-state index in [0.717, 1.165) is 77.9 Å². The van der Waals surface area contributed by atoms with E-state index in [1.165, 1.54) is 36.3 Å². The van der Waals surface area contributed by atoms with Crippen LogP contribution in [-0.2, 0) is 0 Å². The third-order valence-corrected chi connectivity index (χ3v) is 13.2. The van der Waals surface area contributed by atoms with Crippen LogP contribution in [0.5, 0.6) is 0 Å². The Balaban J connectivity index is 1.08. The Hall–Kier alpha value is -7.93. The zero-order valence-corrected chi connectivity index (χ0v) is 33.5. The van der Waals surface area contributed by atoms with Gasteiger partial charge in [-0.25, -0.2) is 15.0 Å². The normalized spacial score (nSPS) is 11.9. The van der Waals surface area contributed by atoms with Crippen molar-refractivity contribution in [1.29, 1.82) is 0 Å². The number of nitrogens with zero attached hydrogens (tertiary/aromatic N) is 5. The molecule has 6 heteroatoms. The molecular formula is C55H33N5S. The number of fused-ring (bicyclic) bond motifs is 10. The molecule has 0 N–H and O–H groups in total. The first-order chi connectivity index (χ1) is 30.2. The lowest BCUT2D eigenvalue weighted by molar-refractivity contribution is 1.13. The van der Waals surface area contributed by atoms with Crippen LogP contribution in [0.4, 0.5) is 0 Å². The van der Waals surface area contributed by atoms with Gasteiger partial charge in [0, 0.05) is 65.1 Å². The summed E-state index contributed by atoms with van der Waals surface area (Å²) in [5, 5.41) is 7.16. The van der Waals surface area contributed by atoms with Crippen molar-refractivity contribution in [1.82, 2.24) is 24.1 Å². The molecule has 61 heavy (non-hydrogen) atoms.